The lowest BCUT2D eigenvalue weighted by Crippen LogP contribution is -2.40. The summed E-state index contributed by atoms with van der Waals surface area (Å²) in [6.07, 6.45) is 3.28. The Morgan fingerprint density at radius 3 is 2.95 bits per heavy atom. The fraction of sp³-hybridized carbons (Fsp3) is 0.462. The number of pyridine rings is 1. The summed E-state index contributed by atoms with van der Waals surface area (Å²) in [6, 6.07) is 0.795. The molecule has 1 aromatic heterocycles. The fourth-order valence-electron chi connectivity index (χ4n) is 1.89. The highest BCUT2D eigenvalue weighted by Gasteiger charge is 2.24. The maximum absolute atomic E-state index is 12.1. The Kier molecular flexibility index (Phi) is 3.69. The molecule has 1 aromatic rings. The van der Waals surface area contributed by atoms with E-state index in [1.54, 1.807) is 6.07 Å². The van der Waals surface area contributed by atoms with E-state index in [0.29, 0.717) is 12.4 Å². The first-order valence-corrected chi connectivity index (χ1v) is 6.12. The van der Waals surface area contributed by atoms with Crippen molar-refractivity contribution >= 4 is 11.9 Å². The van der Waals surface area contributed by atoms with Crippen molar-refractivity contribution in [3.05, 3.63) is 23.5 Å². The second-order valence-electron chi connectivity index (χ2n) is 4.56. The molecule has 0 spiro atoms. The van der Waals surface area contributed by atoms with Gasteiger partial charge in [-0.2, -0.15) is 0 Å². The quantitative estimate of drug-likeness (QED) is 0.879. The number of hydrogen-bond donors (Lipinski definition) is 1. The summed E-state index contributed by atoms with van der Waals surface area (Å²) in [4.78, 5) is 28.2. The van der Waals surface area contributed by atoms with Crippen molar-refractivity contribution in [2.75, 3.05) is 13.7 Å². The molecule has 102 valence electrons. The molecule has 2 heterocycles. The lowest BCUT2D eigenvalue weighted by molar-refractivity contribution is -0.141. The highest BCUT2D eigenvalue weighted by atomic mass is 16.5. The van der Waals surface area contributed by atoms with Crippen molar-refractivity contribution in [1.82, 2.24) is 9.88 Å². The lowest BCUT2D eigenvalue weighted by Gasteiger charge is -2.22. The Labute approximate surface area is 111 Å². The third kappa shape index (κ3) is 2.67. The molecule has 1 amide bonds. The van der Waals surface area contributed by atoms with Gasteiger partial charge in [-0.1, -0.05) is 0 Å². The number of carbonyl (C=O) groups is 2. The predicted octanol–water partition coefficient (Wildman–Crippen LogP) is 0.952. The van der Waals surface area contributed by atoms with Gasteiger partial charge in [0, 0.05) is 7.05 Å². The van der Waals surface area contributed by atoms with Gasteiger partial charge in [-0.15, -0.1) is 0 Å². The van der Waals surface area contributed by atoms with Gasteiger partial charge in [0.05, 0.1) is 12.8 Å². The van der Waals surface area contributed by atoms with Crippen LogP contribution in [0.4, 0.5) is 0 Å². The Hall–Kier alpha value is -2.11. The first-order chi connectivity index (χ1) is 9.00. The molecule has 1 atom stereocenters. The molecule has 19 heavy (non-hydrogen) atoms. The Balaban J connectivity index is 2.22. The van der Waals surface area contributed by atoms with E-state index in [4.69, 9.17) is 9.84 Å². The zero-order chi connectivity index (χ0) is 14.0. The number of carboxylic acid groups (broad SMARTS) is 1. The molecule has 1 unspecified atom stereocenters. The average Bonchev–Trinajstić information content (AvgIpc) is 2.44. The van der Waals surface area contributed by atoms with E-state index < -0.39 is 17.9 Å². The van der Waals surface area contributed by atoms with Gasteiger partial charge < -0.3 is 14.7 Å². The number of aryl methyl sites for hydroxylation is 1. The van der Waals surface area contributed by atoms with Crippen molar-refractivity contribution < 1.29 is 19.4 Å². The van der Waals surface area contributed by atoms with Gasteiger partial charge in [-0.3, -0.25) is 4.79 Å². The number of ether oxygens (including phenoxy) is 1. The van der Waals surface area contributed by atoms with Crippen LogP contribution in [-0.4, -0.2) is 46.6 Å². The highest BCUT2D eigenvalue weighted by molar-refractivity contribution is 5.95. The minimum absolute atomic E-state index is 0.250. The van der Waals surface area contributed by atoms with Crippen LogP contribution in [0.1, 0.15) is 29.4 Å². The summed E-state index contributed by atoms with van der Waals surface area (Å²) in [7, 11) is 1.46. The van der Waals surface area contributed by atoms with E-state index in [0.717, 1.165) is 18.4 Å². The normalized spacial score (nSPS) is 15.1. The standard InChI is InChI=1S/C13H16N2O4/c1-8(13(17)18)15(2)12(16)10-6-9-4-3-5-19-11(9)7-14-10/h6-8H,3-5H2,1-2H3,(H,17,18). The van der Waals surface area contributed by atoms with Crippen molar-refractivity contribution in [1.29, 1.82) is 0 Å². The third-order valence-corrected chi connectivity index (χ3v) is 3.27. The minimum atomic E-state index is -1.04. The number of likely N-dealkylation sites (N-methyl/N-ethyl adjacent to an activating group) is 1. The number of carboxylic acids is 1. The molecule has 0 aliphatic carbocycles. The molecular weight excluding hydrogens is 248 g/mol. The molecule has 6 heteroatoms. The topological polar surface area (TPSA) is 79.7 Å². The molecule has 1 N–H and O–H groups in total. The van der Waals surface area contributed by atoms with E-state index in [-0.39, 0.29) is 5.69 Å². The zero-order valence-corrected chi connectivity index (χ0v) is 10.9. The Bertz CT molecular complexity index is 515. The first kappa shape index (κ1) is 13.3. The van der Waals surface area contributed by atoms with Crippen LogP contribution in [0.2, 0.25) is 0 Å². The van der Waals surface area contributed by atoms with Gasteiger partial charge in [0.1, 0.15) is 17.5 Å². The summed E-state index contributed by atoms with van der Waals surface area (Å²) in [5.74, 6) is -0.739. The zero-order valence-electron chi connectivity index (χ0n) is 10.9. The van der Waals surface area contributed by atoms with Gasteiger partial charge in [0.25, 0.3) is 5.91 Å². The van der Waals surface area contributed by atoms with E-state index in [1.807, 2.05) is 0 Å². The second kappa shape index (κ2) is 5.26. The van der Waals surface area contributed by atoms with Crippen molar-refractivity contribution in [2.45, 2.75) is 25.8 Å². The van der Waals surface area contributed by atoms with E-state index in [9.17, 15) is 9.59 Å². The fourth-order valence-corrected chi connectivity index (χ4v) is 1.89. The van der Waals surface area contributed by atoms with Crippen molar-refractivity contribution in [2.24, 2.45) is 0 Å². The Morgan fingerprint density at radius 2 is 2.26 bits per heavy atom. The van der Waals surface area contributed by atoms with E-state index in [1.165, 1.54) is 25.1 Å². The van der Waals surface area contributed by atoms with Crippen LogP contribution in [0.15, 0.2) is 12.3 Å². The van der Waals surface area contributed by atoms with Crippen LogP contribution in [0.3, 0.4) is 0 Å². The van der Waals surface area contributed by atoms with Crippen LogP contribution in [0, 0.1) is 0 Å². The number of aromatic nitrogens is 1. The number of aliphatic carboxylic acids is 1. The maximum Gasteiger partial charge on any atom is 0.326 e. The van der Waals surface area contributed by atoms with Gasteiger partial charge in [0.2, 0.25) is 0 Å². The van der Waals surface area contributed by atoms with Gasteiger partial charge in [-0.05, 0) is 31.4 Å². The highest BCUT2D eigenvalue weighted by Crippen LogP contribution is 2.24. The number of nitrogens with zero attached hydrogens (tertiary/aromatic N) is 2. The second-order valence-corrected chi connectivity index (χ2v) is 4.56. The average molecular weight is 264 g/mol. The van der Waals surface area contributed by atoms with Crippen molar-refractivity contribution in [3.8, 4) is 5.75 Å². The SMILES string of the molecule is CC(C(=O)O)N(C)C(=O)c1cc2c(cn1)OCCC2. The minimum Gasteiger partial charge on any atom is -0.492 e. The summed E-state index contributed by atoms with van der Waals surface area (Å²) < 4.78 is 5.42. The number of hydrogen-bond acceptors (Lipinski definition) is 4. The van der Waals surface area contributed by atoms with Crippen LogP contribution in [0.25, 0.3) is 0 Å². The molecule has 0 radical (unpaired) electrons. The monoisotopic (exact) mass is 264 g/mol. The molecule has 0 aromatic carbocycles. The van der Waals surface area contributed by atoms with Gasteiger partial charge in [-0.25, -0.2) is 9.78 Å². The smallest absolute Gasteiger partial charge is 0.326 e. The third-order valence-electron chi connectivity index (χ3n) is 3.27. The molecule has 0 fully saturated rings. The number of fused-ring (bicyclic) bond motifs is 1. The lowest BCUT2D eigenvalue weighted by atomic mass is 10.1. The van der Waals surface area contributed by atoms with E-state index in [2.05, 4.69) is 4.98 Å². The molecule has 0 bridgehead atoms. The van der Waals surface area contributed by atoms with Crippen LogP contribution >= 0.6 is 0 Å². The Morgan fingerprint density at radius 1 is 1.53 bits per heavy atom. The van der Waals surface area contributed by atoms with Crippen LogP contribution in [0.5, 0.6) is 5.75 Å². The largest absolute Gasteiger partial charge is 0.492 e. The molecule has 1 aliphatic heterocycles. The maximum atomic E-state index is 12.1. The van der Waals surface area contributed by atoms with Gasteiger partial charge in [0.15, 0.2) is 0 Å². The summed E-state index contributed by atoms with van der Waals surface area (Å²) in [6.45, 7) is 2.12. The molecule has 2 rings (SSSR count). The van der Waals surface area contributed by atoms with E-state index >= 15 is 0 Å². The summed E-state index contributed by atoms with van der Waals surface area (Å²) >= 11 is 0. The summed E-state index contributed by atoms with van der Waals surface area (Å²) in [5.41, 5.74) is 1.20. The number of carbonyl (C=O) groups excluding carboxylic acids is 1. The molecule has 1 aliphatic rings. The van der Waals surface area contributed by atoms with Crippen molar-refractivity contribution in [3.63, 3.8) is 0 Å². The predicted molar refractivity (Wildman–Crippen MR) is 67.2 cm³/mol. The number of rotatable bonds is 3. The summed E-state index contributed by atoms with van der Waals surface area (Å²) in [5, 5.41) is 8.91. The molecule has 0 saturated carbocycles. The number of amides is 1. The van der Waals surface area contributed by atoms with Crippen LogP contribution in [-0.2, 0) is 11.2 Å². The molecule has 6 nitrogen and oxygen atoms in total. The van der Waals surface area contributed by atoms with Gasteiger partial charge >= 0.3 is 5.97 Å². The molecular formula is C13H16N2O4. The van der Waals surface area contributed by atoms with Crippen LogP contribution < -0.4 is 4.74 Å². The molecule has 0 saturated heterocycles. The first-order valence-electron chi connectivity index (χ1n) is 6.12.